The second-order valence-electron chi connectivity index (χ2n) is 6.89. The molecule has 1 aliphatic heterocycles. The summed E-state index contributed by atoms with van der Waals surface area (Å²) in [6.07, 6.45) is 7.95. The normalized spacial score (nSPS) is 20.4. The minimum atomic E-state index is 0.265. The standard InChI is InChI=1S/C19H25N3O/c23-19(13-15-14-20-18-8-4-3-7-17(15)18)22-11-9-21(10-12-22)16-5-1-2-6-16/h3-4,7-8,14,16,20H,1-2,5-6,9-13H2. The number of nitrogens with zero attached hydrogens (tertiary/aromatic N) is 2. The quantitative estimate of drug-likeness (QED) is 0.947. The summed E-state index contributed by atoms with van der Waals surface area (Å²) in [5, 5.41) is 1.17. The average Bonchev–Trinajstić information content (AvgIpc) is 3.25. The maximum Gasteiger partial charge on any atom is 0.227 e. The van der Waals surface area contributed by atoms with Gasteiger partial charge in [0.1, 0.15) is 0 Å². The van der Waals surface area contributed by atoms with Crippen molar-refractivity contribution in [2.24, 2.45) is 0 Å². The van der Waals surface area contributed by atoms with E-state index in [1.807, 2.05) is 23.2 Å². The number of rotatable bonds is 3. The lowest BCUT2D eigenvalue weighted by atomic mass is 10.1. The van der Waals surface area contributed by atoms with Crippen LogP contribution in [0.1, 0.15) is 31.2 Å². The molecule has 1 aliphatic carbocycles. The fourth-order valence-electron chi connectivity index (χ4n) is 4.16. The van der Waals surface area contributed by atoms with Crippen molar-refractivity contribution in [1.82, 2.24) is 14.8 Å². The highest BCUT2D eigenvalue weighted by Gasteiger charge is 2.27. The molecule has 23 heavy (non-hydrogen) atoms. The molecule has 4 nitrogen and oxygen atoms in total. The average molecular weight is 311 g/mol. The number of hydrogen-bond donors (Lipinski definition) is 1. The van der Waals surface area contributed by atoms with Gasteiger partial charge in [0.15, 0.2) is 0 Å². The summed E-state index contributed by atoms with van der Waals surface area (Å²) in [6.45, 7) is 3.87. The van der Waals surface area contributed by atoms with Crippen molar-refractivity contribution in [3.05, 3.63) is 36.0 Å². The number of hydrogen-bond acceptors (Lipinski definition) is 2. The molecular formula is C19H25N3O. The van der Waals surface area contributed by atoms with E-state index in [4.69, 9.17) is 0 Å². The maximum absolute atomic E-state index is 12.6. The van der Waals surface area contributed by atoms with Crippen LogP contribution in [0.5, 0.6) is 0 Å². The van der Waals surface area contributed by atoms with Gasteiger partial charge in [-0.3, -0.25) is 9.69 Å². The largest absolute Gasteiger partial charge is 0.361 e. The predicted octanol–water partition coefficient (Wildman–Crippen LogP) is 2.80. The van der Waals surface area contributed by atoms with Gasteiger partial charge < -0.3 is 9.88 Å². The Bertz CT molecular complexity index is 679. The third-order valence-electron chi connectivity index (χ3n) is 5.52. The Morgan fingerprint density at radius 1 is 1.09 bits per heavy atom. The third-order valence-corrected chi connectivity index (χ3v) is 5.52. The minimum absolute atomic E-state index is 0.265. The Kier molecular flexibility index (Phi) is 4.08. The molecule has 1 amide bonds. The Balaban J connectivity index is 1.36. The number of H-pyrrole nitrogens is 1. The van der Waals surface area contributed by atoms with Crippen LogP contribution in [-0.4, -0.2) is 52.9 Å². The van der Waals surface area contributed by atoms with E-state index in [-0.39, 0.29) is 5.91 Å². The van der Waals surface area contributed by atoms with Gasteiger partial charge in [-0.15, -0.1) is 0 Å². The molecule has 0 bridgehead atoms. The number of fused-ring (bicyclic) bond motifs is 1. The maximum atomic E-state index is 12.6. The predicted molar refractivity (Wildman–Crippen MR) is 92.4 cm³/mol. The van der Waals surface area contributed by atoms with E-state index < -0.39 is 0 Å². The van der Waals surface area contributed by atoms with Gasteiger partial charge in [-0.25, -0.2) is 0 Å². The molecule has 4 rings (SSSR count). The molecular weight excluding hydrogens is 286 g/mol. The molecule has 1 saturated carbocycles. The number of carbonyl (C=O) groups is 1. The van der Waals surface area contributed by atoms with Gasteiger partial charge in [0.2, 0.25) is 5.91 Å². The zero-order valence-corrected chi connectivity index (χ0v) is 13.6. The number of benzene rings is 1. The van der Waals surface area contributed by atoms with E-state index in [1.165, 1.54) is 31.1 Å². The van der Waals surface area contributed by atoms with Gasteiger partial charge in [-0.1, -0.05) is 31.0 Å². The second kappa shape index (κ2) is 6.36. The molecule has 1 saturated heterocycles. The van der Waals surface area contributed by atoms with Gasteiger partial charge in [-0.05, 0) is 24.5 Å². The highest BCUT2D eigenvalue weighted by molar-refractivity contribution is 5.88. The number of para-hydroxylation sites is 1. The highest BCUT2D eigenvalue weighted by Crippen LogP contribution is 2.24. The first-order valence-electron chi connectivity index (χ1n) is 8.88. The lowest BCUT2D eigenvalue weighted by molar-refractivity contribution is -0.132. The zero-order valence-electron chi connectivity index (χ0n) is 13.6. The number of piperazine rings is 1. The van der Waals surface area contributed by atoms with Crippen molar-refractivity contribution in [2.75, 3.05) is 26.2 Å². The van der Waals surface area contributed by atoms with Gasteiger partial charge in [0.05, 0.1) is 6.42 Å². The minimum Gasteiger partial charge on any atom is -0.361 e. The van der Waals surface area contributed by atoms with Crippen molar-refractivity contribution < 1.29 is 4.79 Å². The van der Waals surface area contributed by atoms with Crippen LogP contribution in [0, 0.1) is 0 Å². The van der Waals surface area contributed by atoms with E-state index >= 15 is 0 Å². The van der Waals surface area contributed by atoms with Crippen LogP contribution in [-0.2, 0) is 11.2 Å². The van der Waals surface area contributed by atoms with Crippen LogP contribution in [0.25, 0.3) is 10.9 Å². The van der Waals surface area contributed by atoms with Crippen LogP contribution < -0.4 is 0 Å². The van der Waals surface area contributed by atoms with Crippen LogP contribution in [0.4, 0.5) is 0 Å². The van der Waals surface area contributed by atoms with E-state index in [0.717, 1.165) is 43.3 Å². The molecule has 1 aromatic heterocycles. The number of aromatic amines is 1. The fourth-order valence-corrected chi connectivity index (χ4v) is 4.16. The van der Waals surface area contributed by atoms with E-state index in [9.17, 15) is 4.79 Å². The van der Waals surface area contributed by atoms with Crippen molar-refractivity contribution in [3.63, 3.8) is 0 Å². The topological polar surface area (TPSA) is 39.3 Å². The van der Waals surface area contributed by atoms with Gasteiger partial charge in [0.25, 0.3) is 0 Å². The summed E-state index contributed by atoms with van der Waals surface area (Å²) in [6, 6.07) is 8.98. The Hall–Kier alpha value is -1.81. The molecule has 2 fully saturated rings. The molecule has 2 aromatic rings. The third kappa shape index (κ3) is 3.00. The smallest absolute Gasteiger partial charge is 0.227 e. The molecule has 4 heteroatoms. The lowest BCUT2D eigenvalue weighted by Gasteiger charge is -2.38. The van der Waals surface area contributed by atoms with Crippen molar-refractivity contribution >= 4 is 16.8 Å². The molecule has 0 atom stereocenters. The van der Waals surface area contributed by atoms with Crippen LogP contribution in [0.2, 0.25) is 0 Å². The van der Waals surface area contributed by atoms with Crippen molar-refractivity contribution in [2.45, 2.75) is 38.1 Å². The van der Waals surface area contributed by atoms with Gasteiger partial charge in [-0.2, -0.15) is 0 Å². The Morgan fingerprint density at radius 2 is 1.83 bits per heavy atom. The molecule has 0 spiro atoms. The lowest BCUT2D eigenvalue weighted by Crippen LogP contribution is -2.51. The molecule has 0 unspecified atom stereocenters. The van der Waals surface area contributed by atoms with Gasteiger partial charge in [0, 0.05) is 49.3 Å². The Morgan fingerprint density at radius 3 is 2.61 bits per heavy atom. The van der Waals surface area contributed by atoms with Crippen LogP contribution in [0.15, 0.2) is 30.5 Å². The summed E-state index contributed by atoms with van der Waals surface area (Å²) in [5.74, 6) is 0.265. The molecule has 1 aromatic carbocycles. The number of nitrogens with one attached hydrogen (secondary N) is 1. The first kappa shape index (κ1) is 14.8. The van der Waals surface area contributed by atoms with Gasteiger partial charge >= 0.3 is 0 Å². The summed E-state index contributed by atoms with van der Waals surface area (Å²) in [4.78, 5) is 20.5. The molecule has 122 valence electrons. The number of amides is 1. The fraction of sp³-hybridized carbons (Fsp3) is 0.526. The summed E-state index contributed by atoms with van der Waals surface area (Å²) in [7, 11) is 0. The first-order chi connectivity index (χ1) is 11.3. The molecule has 1 N–H and O–H groups in total. The van der Waals surface area contributed by atoms with Crippen molar-refractivity contribution in [3.8, 4) is 0 Å². The van der Waals surface area contributed by atoms with Crippen molar-refractivity contribution in [1.29, 1.82) is 0 Å². The monoisotopic (exact) mass is 311 g/mol. The first-order valence-corrected chi connectivity index (χ1v) is 8.88. The second-order valence-corrected chi connectivity index (χ2v) is 6.89. The molecule has 0 radical (unpaired) electrons. The molecule has 2 aliphatic rings. The molecule has 2 heterocycles. The number of carbonyl (C=O) groups excluding carboxylic acids is 1. The zero-order chi connectivity index (χ0) is 15.6. The highest BCUT2D eigenvalue weighted by atomic mass is 16.2. The Labute approximate surface area is 137 Å². The SMILES string of the molecule is O=C(Cc1c[nH]c2ccccc12)N1CCN(C2CCCC2)CC1. The van der Waals surface area contributed by atoms with E-state index in [0.29, 0.717) is 6.42 Å². The summed E-state index contributed by atoms with van der Waals surface area (Å²) in [5.41, 5.74) is 2.23. The number of aromatic nitrogens is 1. The van der Waals surface area contributed by atoms with E-state index in [1.54, 1.807) is 0 Å². The summed E-state index contributed by atoms with van der Waals surface area (Å²) >= 11 is 0. The van der Waals surface area contributed by atoms with E-state index in [2.05, 4.69) is 22.0 Å². The summed E-state index contributed by atoms with van der Waals surface area (Å²) < 4.78 is 0. The van der Waals surface area contributed by atoms with Crippen LogP contribution >= 0.6 is 0 Å². The van der Waals surface area contributed by atoms with Crippen LogP contribution in [0.3, 0.4) is 0 Å².